The number of benzene rings is 1. The van der Waals surface area contributed by atoms with Gasteiger partial charge in [0.15, 0.2) is 0 Å². The molecule has 0 radical (unpaired) electrons. The lowest BCUT2D eigenvalue weighted by atomic mass is 10.1. The third kappa shape index (κ3) is 10.4. The highest BCUT2D eigenvalue weighted by Crippen LogP contribution is 2.31. The van der Waals surface area contributed by atoms with E-state index < -0.39 is 11.9 Å². The summed E-state index contributed by atoms with van der Waals surface area (Å²) in [4.78, 5) is 24.6. The summed E-state index contributed by atoms with van der Waals surface area (Å²) < 4.78 is 21.6. The summed E-state index contributed by atoms with van der Waals surface area (Å²) >= 11 is 0. The molecular formula is C26H42O6. The molecule has 0 heterocycles. The molecule has 0 aliphatic rings. The number of hydrogen-bond acceptors (Lipinski definition) is 6. The quantitative estimate of drug-likeness (QED) is 0.182. The van der Waals surface area contributed by atoms with E-state index in [4.69, 9.17) is 18.9 Å². The van der Waals surface area contributed by atoms with E-state index in [9.17, 15) is 9.59 Å². The van der Waals surface area contributed by atoms with Crippen molar-refractivity contribution in [1.29, 1.82) is 0 Å². The van der Waals surface area contributed by atoms with Gasteiger partial charge in [0.2, 0.25) is 0 Å². The van der Waals surface area contributed by atoms with Crippen molar-refractivity contribution in [1.82, 2.24) is 0 Å². The van der Waals surface area contributed by atoms with Gasteiger partial charge in [0.25, 0.3) is 0 Å². The van der Waals surface area contributed by atoms with Crippen molar-refractivity contribution < 1.29 is 28.5 Å². The largest absolute Gasteiger partial charge is 0.493 e. The number of methoxy groups -OCH3 is 2. The van der Waals surface area contributed by atoms with Crippen LogP contribution in [0.3, 0.4) is 0 Å². The van der Waals surface area contributed by atoms with Crippen LogP contribution in [0.1, 0.15) is 112 Å². The van der Waals surface area contributed by atoms with Crippen molar-refractivity contribution >= 4 is 11.9 Å². The Morgan fingerprint density at radius 3 is 1.34 bits per heavy atom. The lowest BCUT2D eigenvalue weighted by Gasteiger charge is -2.16. The van der Waals surface area contributed by atoms with Gasteiger partial charge in [-0.3, -0.25) is 0 Å². The fraction of sp³-hybridized carbons (Fsp3) is 0.692. The van der Waals surface area contributed by atoms with Crippen LogP contribution in [-0.4, -0.2) is 39.4 Å². The standard InChI is InChI=1S/C26H42O6/c1-5-7-9-11-13-15-17-31-23-20-24(32-18-16-14-12-10-8-6-2)22(26(28)30-4)19-21(23)25(27)29-3/h19-20H,5-18H2,1-4H3. The average molecular weight is 451 g/mol. The van der Waals surface area contributed by atoms with Gasteiger partial charge in [-0.05, 0) is 18.9 Å². The molecule has 0 aliphatic carbocycles. The molecule has 1 aromatic rings. The summed E-state index contributed by atoms with van der Waals surface area (Å²) in [7, 11) is 2.61. The van der Waals surface area contributed by atoms with E-state index in [0.717, 1.165) is 25.7 Å². The van der Waals surface area contributed by atoms with Gasteiger partial charge in [0.1, 0.15) is 22.6 Å². The zero-order valence-corrected chi connectivity index (χ0v) is 20.5. The number of hydrogen-bond donors (Lipinski definition) is 0. The van der Waals surface area contributed by atoms with Crippen LogP contribution < -0.4 is 9.47 Å². The Morgan fingerprint density at radius 2 is 0.969 bits per heavy atom. The highest BCUT2D eigenvalue weighted by Gasteiger charge is 2.22. The first-order chi connectivity index (χ1) is 15.6. The van der Waals surface area contributed by atoms with Crippen molar-refractivity contribution in [3.8, 4) is 11.5 Å². The van der Waals surface area contributed by atoms with Crippen LogP contribution in [0.25, 0.3) is 0 Å². The van der Waals surface area contributed by atoms with Gasteiger partial charge in [0.05, 0.1) is 27.4 Å². The van der Waals surface area contributed by atoms with Crippen LogP contribution in [-0.2, 0) is 9.47 Å². The molecule has 0 aliphatic heterocycles. The lowest BCUT2D eigenvalue weighted by molar-refractivity contribution is 0.0593. The van der Waals surface area contributed by atoms with Crippen molar-refractivity contribution in [2.24, 2.45) is 0 Å². The number of esters is 2. The monoisotopic (exact) mass is 450 g/mol. The van der Waals surface area contributed by atoms with Gasteiger partial charge in [-0.15, -0.1) is 0 Å². The molecule has 0 atom stereocenters. The third-order valence-electron chi connectivity index (χ3n) is 5.40. The van der Waals surface area contributed by atoms with E-state index in [1.807, 2.05) is 0 Å². The van der Waals surface area contributed by atoms with Gasteiger partial charge in [0, 0.05) is 6.07 Å². The topological polar surface area (TPSA) is 71.1 Å². The molecule has 0 amide bonds. The molecule has 0 saturated heterocycles. The third-order valence-corrected chi connectivity index (χ3v) is 5.40. The molecule has 182 valence electrons. The maximum atomic E-state index is 12.3. The summed E-state index contributed by atoms with van der Waals surface area (Å²) in [5.74, 6) is -0.377. The molecule has 0 unspecified atom stereocenters. The summed E-state index contributed by atoms with van der Waals surface area (Å²) in [6.45, 7) is 5.37. The summed E-state index contributed by atoms with van der Waals surface area (Å²) in [6, 6.07) is 3.07. The van der Waals surface area contributed by atoms with Crippen molar-refractivity contribution in [3.63, 3.8) is 0 Å². The Balaban J connectivity index is 2.84. The number of carbonyl (C=O) groups excluding carboxylic acids is 2. The molecule has 0 N–H and O–H groups in total. The molecule has 32 heavy (non-hydrogen) atoms. The summed E-state index contributed by atoms with van der Waals surface area (Å²) in [5.41, 5.74) is 0.400. The fourth-order valence-electron chi connectivity index (χ4n) is 3.47. The van der Waals surface area contributed by atoms with Gasteiger partial charge in [-0.25, -0.2) is 9.59 Å². The second-order valence-electron chi connectivity index (χ2n) is 8.06. The maximum Gasteiger partial charge on any atom is 0.341 e. The van der Waals surface area contributed by atoms with Crippen LogP contribution in [0.15, 0.2) is 12.1 Å². The Morgan fingerprint density at radius 1 is 0.594 bits per heavy atom. The number of rotatable bonds is 18. The Kier molecular flexibility index (Phi) is 15.1. The normalized spacial score (nSPS) is 10.6. The van der Waals surface area contributed by atoms with Crippen LogP contribution in [0.2, 0.25) is 0 Å². The zero-order chi connectivity index (χ0) is 23.6. The van der Waals surface area contributed by atoms with Crippen LogP contribution in [0.5, 0.6) is 11.5 Å². The lowest BCUT2D eigenvalue weighted by Crippen LogP contribution is -2.12. The van der Waals surface area contributed by atoms with E-state index in [1.54, 1.807) is 6.07 Å². The average Bonchev–Trinajstić information content (AvgIpc) is 2.81. The Labute approximate surface area is 194 Å². The van der Waals surface area contributed by atoms with E-state index >= 15 is 0 Å². The highest BCUT2D eigenvalue weighted by molar-refractivity contribution is 5.99. The molecule has 0 aromatic heterocycles. The van der Waals surface area contributed by atoms with E-state index in [2.05, 4.69) is 13.8 Å². The maximum absolute atomic E-state index is 12.3. The first-order valence-electron chi connectivity index (χ1n) is 12.2. The first-order valence-corrected chi connectivity index (χ1v) is 12.2. The Hall–Kier alpha value is -2.24. The number of unbranched alkanes of at least 4 members (excludes halogenated alkanes) is 10. The van der Waals surface area contributed by atoms with Crippen LogP contribution in [0.4, 0.5) is 0 Å². The van der Waals surface area contributed by atoms with Gasteiger partial charge >= 0.3 is 11.9 Å². The molecule has 1 rings (SSSR count). The van der Waals surface area contributed by atoms with Crippen molar-refractivity contribution in [2.45, 2.75) is 90.9 Å². The smallest absolute Gasteiger partial charge is 0.341 e. The minimum absolute atomic E-state index is 0.200. The molecular weight excluding hydrogens is 408 g/mol. The number of ether oxygens (including phenoxy) is 4. The fourth-order valence-corrected chi connectivity index (χ4v) is 3.47. The molecule has 0 saturated carbocycles. The van der Waals surface area contributed by atoms with Gasteiger partial charge in [-0.1, -0.05) is 78.1 Å². The minimum Gasteiger partial charge on any atom is -0.493 e. The highest BCUT2D eigenvalue weighted by atomic mass is 16.5. The zero-order valence-electron chi connectivity index (χ0n) is 20.5. The second-order valence-corrected chi connectivity index (χ2v) is 8.06. The van der Waals surface area contributed by atoms with E-state index in [1.165, 1.54) is 71.7 Å². The summed E-state index contributed by atoms with van der Waals surface area (Å²) in [5, 5.41) is 0. The molecule has 6 nitrogen and oxygen atoms in total. The van der Waals surface area contributed by atoms with Gasteiger partial charge < -0.3 is 18.9 Å². The van der Waals surface area contributed by atoms with Crippen LogP contribution in [0, 0.1) is 0 Å². The molecule has 0 fully saturated rings. The predicted octanol–water partition coefficient (Wildman–Crippen LogP) is 6.74. The summed E-state index contributed by atoms with van der Waals surface area (Å²) in [6.07, 6.45) is 13.7. The van der Waals surface area contributed by atoms with E-state index in [-0.39, 0.29) is 11.1 Å². The van der Waals surface area contributed by atoms with Crippen molar-refractivity contribution in [2.75, 3.05) is 27.4 Å². The molecule has 0 bridgehead atoms. The first kappa shape index (κ1) is 27.8. The van der Waals surface area contributed by atoms with E-state index in [0.29, 0.717) is 24.7 Å². The Bertz CT molecular complexity index is 617. The van der Waals surface area contributed by atoms with Gasteiger partial charge in [-0.2, -0.15) is 0 Å². The molecule has 1 aromatic carbocycles. The SMILES string of the molecule is CCCCCCCCOc1cc(OCCCCCCCC)c(C(=O)OC)cc1C(=O)OC. The molecule has 6 heteroatoms. The minimum atomic E-state index is -0.560. The van der Waals surface area contributed by atoms with Crippen molar-refractivity contribution in [3.05, 3.63) is 23.3 Å². The molecule has 0 spiro atoms. The number of carbonyl (C=O) groups is 2. The van der Waals surface area contributed by atoms with Crippen LogP contribution >= 0.6 is 0 Å². The predicted molar refractivity (Wildman–Crippen MR) is 127 cm³/mol. The second kappa shape index (κ2) is 17.3.